The van der Waals surface area contributed by atoms with E-state index in [2.05, 4.69) is 81.8 Å². The minimum Gasteiger partial charge on any atom is -0.382 e. The highest BCUT2D eigenvalue weighted by Crippen LogP contribution is 2.37. The zero-order valence-electron chi connectivity index (χ0n) is 91.3. The van der Waals surface area contributed by atoms with Crippen LogP contribution in [0.25, 0.3) is 136 Å². The van der Waals surface area contributed by atoms with Gasteiger partial charge in [0.2, 0.25) is 0 Å². The summed E-state index contributed by atoms with van der Waals surface area (Å²) in [4.78, 5) is 33.6. The van der Waals surface area contributed by atoms with Crippen LogP contribution in [0.2, 0.25) is 0 Å². The smallest absolute Gasteiger partial charge is 0.189 e. The SMILES string of the molecule is [2H]CNCc1ccc(-c2cc(-c3nc(-c4ccc(S(=O)(=O)C([2H])(C([2H])([2H])[2H])C([2H])([2H])[2H])cc4)cnc3N)on2)cc1.[2H]c1cc(-c2cnc(N)c(-c3onc(-c4ccc(CNC)cc4)c3[2H])n2)ccc1S(=O)(=O)C(C)C.[2H]c1cc(CNC([2H])[2H])ccc1-c1cc(-c2nc(-c3ccc(S(=O)(=O)C(C)C)cc3)cnc2N)on1.[2H]c1cc(S(=O)(=O)C(C([2H])([2H])[2H])C([2H])([2H])[2H])ccc1-c1cnc(N)c(-c2cc(-c3ccc(CNC)cc3)no2)n1. The van der Waals surface area contributed by atoms with E-state index in [0.29, 0.717) is 81.6 Å². The predicted molar refractivity (Wildman–Crippen MR) is 512 cm³/mol. The minimum absolute atomic E-state index is 0.0177. The van der Waals surface area contributed by atoms with Crippen molar-refractivity contribution in [3.63, 3.8) is 0 Å². The van der Waals surface area contributed by atoms with E-state index in [4.69, 9.17) is 68.4 Å². The molecule has 0 fully saturated rings. The average Bonchev–Trinajstić information content (AvgIpc) is 0.932. The maximum absolute atomic E-state index is 13.1. The normalized spacial score (nSPS) is 14.4. The van der Waals surface area contributed by atoms with Gasteiger partial charge in [-0.15, -0.1) is 0 Å². The Bertz CT molecular complexity index is 8110. The molecule has 0 saturated carbocycles. The molecule has 12 N–H and O–H groups in total. The molecule has 132 heavy (non-hydrogen) atoms. The maximum atomic E-state index is 13.1. The van der Waals surface area contributed by atoms with Gasteiger partial charge in [-0.05, 0) is 154 Å². The molecular formula is C96H100N20O12S4. The van der Waals surface area contributed by atoms with Crippen LogP contribution in [0.3, 0.4) is 0 Å². The third-order valence-corrected chi connectivity index (χ3v) is 27.2. The molecule has 680 valence electrons. The third kappa shape index (κ3) is 22.3. The largest absolute Gasteiger partial charge is 0.382 e. The average molecular weight is 1870 g/mol. The first-order chi connectivity index (χ1) is 71.4. The van der Waals surface area contributed by atoms with E-state index in [9.17, 15) is 33.7 Å². The fourth-order valence-electron chi connectivity index (χ4n) is 12.5. The zero-order chi connectivity index (χ0) is 111. The first-order valence-electron chi connectivity index (χ1n) is 50.3. The van der Waals surface area contributed by atoms with Crippen LogP contribution in [0.15, 0.2) is 281 Å². The quantitative estimate of drug-likeness (QED) is 0.0226. The molecule has 8 aromatic carbocycles. The number of sulfone groups is 4. The van der Waals surface area contributed by atoms with E-state index in [-0.39, 0.29) is 127 Å². The highest BCUT2D eigenvalue weighted by atomic mass is 32.2. The summed E-state index contributed by atoms with van der Waals surface area (Å²) in [6, 6.07) is 51.1. The van der Waals surface area contributed by atoms with Gasteiger partial charge in [-0.1, -0.05) is 166 Å². The fraction of sp³-hybridized carbons (Fsp3) is 0.208. The summed E-state index contributed by atoms with van der Waals surface area (Å²) >= 11 is 0. The number of benzene rings is 8. The summed E-state index contributed by atoms with van der Waals surface area (Å²) in [5.74, 6) is 1.03. The van der Waals surface area contributed by atoms with E-state index >= 15 is 0 Å². The molecular weight excluding hydrogens is 1750 g/mol. The van der Waals surface area contributed by atoms with E-state index in [1.807, 2.05) is 86.9 Å². The molecule has 0 aliphatic heterocycles. The Labute approximate surface area is 793 Å². The Morgan fingerprint density at radius 3 is 1.02 bits per heavy atom. The first kappa shape index (κ1) is 71.6. The molecule has 0 amide bonds. The van der Waals surface area contributed by atoms with Gasteiger partial charge in [-0.2, -0.15) is 0 Å². The Hall–Kier alpha value is -14.2. The second kappa shape index (κ2) is 41.7. The molecule has 32 nitrogen and oxygen atoms in total. The molecule has 8 heterocycles. The van der Waals surface area contributed by atoms with Gasteiger partial charge in [-0.3, -0.25) is 0 Å². The van der Waals surface area contributed by atoms with Gasteiger partial charge in [0.1, 0.15) is 22.8 Å². The lowest BCUT2D eigenvalue weighted by molar-refractivity contribution is 0.433. The van der Waals surface area contributed by atoms with Crippen LogP contribution >= 0.6 is 0 Å². The Kier molecular flexibility index (Phi) is 22.6. The second-order valence-electron chi connectivity index (χ2n) is 29.6. The molecule has 8 aromatic heterocycles. The fourth-order valence-corrected chi connectivity index (χ4v) is 16.1. The van der Waals surface area contributed by atoms with E-state index in [1.165, 1.54) is 67.3 Å². The summed E-state index contributed by atoms with van der Waals surface area (Å²) < 4.78 is 277. The highest BCUT2D eigenvalue weighted by molar-refractivity contribution is 7.92. The van der Waals surface area contributed by atoms with Gasteiger partial charge in [0.25, 0.3) is 0 Å². The summed E-state index contributed by atoms with van der Waals surface area (Å²) in [7, 11) is -13.2. The van der Waals surface area contributed by atoms with Crippen LogP contribution in [-0.2, 0) is 65.5 Å². The third-order valence-electron chi connectivity index (χ3n) is 19.9. The van der Waals surface area contributed by atoms with E-state index < -0.39 is 105 Å². The molecule has 0 spiro atoms. The minimum atomic E-state index is -5.15. The van der Waals surface area contributed by atoms with Crippen molar-refractivity contribution in [3.05, 3.63) is 265 Å². The van der Waals surface area contributed by atoms with E-state index in [1.54, 1.807) is 82.3 Å². The highest BCUT2D eigenvalue weighted by Gasteiger charge is 2.27. The molecule has 0 radical (unpaired) electrons. The van der Waals surface area contributed by atoms with Crippen molar-refractivity contribution in [2.24, 2.45) is 0 Å². The van der Waals surface area contributed by atoms with Crippen molar-refractivity contribution >= 4 is 62.6 Å². The van der Waals surface area contributed by atoms with Gasteiger partial charge in [-0.25, -0.2) is 73.5 Å². The number of hydrogen-bond donors (Lipinski definition) is 8. The van der Waals surface area contributed by atoms with Gasteiger partial charge in [0.05, 0.1) is 93.6 Å². The van der Waals surface area contributed by atoms with Crippen molar-refractivity contribution in [1.29, 1.82) is 0 Å². The van der Waals surface area contributed by atoms with Crippen LogP contribution in [0.1, 0.15) is 105 Å². The Morgan fingerprint density at radius 1 is 0.326 bits per heavy atom. The lowest BCUT2D eigenvalue weighted by Gasteiger charge is -2.09. The number of hydrogen-bond acceptors (Lipinski definition) is 32. The number of nitrogens with two attached hydrogens (primary N) is 4. The lowest BCUT2D eigenvalue weighted by Crippen LogP contribution is -2.13. The summed E-state index contributed by atoms with van der Waals surface area (Å²) in [6.07, 6.45) is 5.54. The molecule has 0 unspecified atom stereocenters. The van der Waals surface area contributed by atoms with Gasteiger partial charge in [0.15, 0.2) is 108 Å². The van der Waals surface area contributed by atoms with Crippen LogP contribution < -0.4 is 44.2 Å². The molecule has 0 aliphatic rings. The lowest BCUT2D eigenvalue weighted by atomic mass is 10.1. The molecule has 0 saturated heterocycles. The van der Waals surface area contributed by atoms with Gasteiger partial charge < -0.3 is 62.3 Å². The number of aromatic nitrogens is 12. The Balaban J connectivity index is 0.000000169. The standard InChI is InChI=1S/4C24H25N5O3S/c4*1-15(2)33(30,31)19-10-8-18(9-11-19)21-14-27-24(25)23(28-21)22-12-20(29-32-22)17-6-4-16(5-7-17)13-26-3/h4*4-12,14-15,26H,13H2,1-3H3,(H2,25,27)/i1D3,2D3,3D,15D;1D3,2D3,8D;10D,12D;3D2,6D. The topological polar surface area (TPSA) is 496 Å². The van der Waals surface area contributed by atoms with Crippen molar-refractivity contribution < 1.29 is 79.2 Å². The molecule has 0 bridgehead atoms. The summed E-state index contributed by atoms with van der Waals surface area (Å²) in [5.41, 5.74) is 36.4. The second-order valence-corrected chi connectivity index (χ2v) is 38.5. The summed E-state index contributed by atoms with van der Waals surface area (Å²) in [5, 5.41) is 20.4. The number of rotatable bonds is 28. The van der Waals surface area contributed by atoms with Crippen LogP contribution in [0.4, 0.5) is 23.3 Å². The van der Waals surface area contributed by atoms with Crippen LogP contribution in [0, 0.1) is 0 Å². The number of nitrogens with one attached hydrogen (secondary N) is 4. The molecule has 16 aromatic rings. The predicted octanol–water partition coefficient (Wildman–Crippen LogP) is 15.8. The van der Waals surface area contributed by atoms with Crippen molar-refractivity contribution in [1.82, 2.24) is 81.8 Å². The van der Waals surface area contributed by atoms with Gasteiger partial charge in [0, 0.05) is 117 Å². The Morgan fingerprint density at radius 2 is 0.629 bits per heavy atom. The molecule has 0 aliphatic carbocycles. The summed E-state index contributed by atoms with van der Waals surface area (Å²) in [6.45, 7) is -6.36. The van der Waals surface area contributed by atoms with Crippen molar-refractivity contribution in [3.8, 4) is 136 Å². The number of anilines is 4. The van der Waals surface area contributed by atoms with Crippen LogP contribution in [0.5, 0.6) is 0 Å². The van der Waals surface area contributed by atoms with Crippen molar-refractivity contribution in [2.75, 3.05) is 51.1 Å². The molecule has 16 rings (SSSR count). The monoisotopic (exact) mass is 1870 g/mol. The van der Waals surface area contributed by atoms with Gasteiger partial charge >= 0.3 is 0 Å². The van der Waals surface area contributed by atoms with E-state index in [0.717, 1.165) is 64.2 Å². The zero-order valence-corrected chi connectivity index (χ0v) is 74.6. The molecule has 0 atom stereocenters. The van der Waals surface area contributed by atoms with Crippen molar-refractivity contribution in [2.45, 2.75) is 122 Å². The number of nitrogens with zero attached hydrogens (tertiary/aromatic N) is 12. The maximum Gasteiger partial charge on any atom is 0.189 e. The van der Waals surface area contributed by atoms with Crippen LogP contribution in [-0.4, -0.2) is 143 Å². The molecule has 36 heteroatoms. The first-order valence-corrected chi connectivity index (χ1v) is 46.1. The number of nitrogen functional groups attached to an aromatic ring is 4.